The normalized spacial score (nSPS) is 10.9. The van der Waals surface area contributed by atoms with Crippen LogP contribution in [0.25, 0.3) is 0 Å². The molecule has 0 amide bonds. The van der Waals surface area contributed by atoms with Crippen LogP contribution in [0.4, 0.5) is 0 Å². The van der Waals surface area contributed by atoms with E-state index in [1.807, 2.05) is 25.2 Å². The van der Waals surface area contributed by atoms with Crippen molar-refractivity contribution in [2.75, 3.05) is 19.4 Å². The van der Waals surface area contributed by atoms with Crippen molar-refractivity contribution < 1.29 is 9.47 Å². The van der Waals surface area contributed by atoms with Crippen LogP contribution < -0.4 is 14.8 Å². The predicted octanol–water partition coefficient (Wildman–Crippen LogP) is 3.38. The number of nitrogens with zero attached hydrogens (tertiary/aromatic N) is 4. The average Bonchev–Trinajstić information content (AvgIpc) is 3.14. The molecule has 0 saturated carbocycles. The summed E-state index contributed by atoms with van der Waals surface area (Å²) < 4.78 is 13.2. The quantitative estimate of drug-likeness (QED) is 0.381. The van der Waals surface area contributed by atoms with E-state index in [-0.39, 0.29) is 0 Å². The molecule has 2 aromatic carbocycles. The summed E-state index contributed by atoms with van der Waals surface area (Å²) in [7, 11) is 3.52. The fourth-order valence-electron chi connectivity index (χ4n) is 2.84. The number of thioether (sulfide) groups is 1. The second-order valence-electron chi connectivity index (χ2n) is 6.73. The Balaban J connectivity index is 1.42. The van der Waals surface area contributed by atoms with Gasteiger partial charge in [-0.3, -0.25) is 0 Å². The van der Waals surface area contributed by atoms with Crippen LogP contribution in [0.5, 0.6) is 11.5 Å². The highest BCUT2D eigenvalue weighted by molar-refractivity contribution is 7.99. The van der Waals surface area contributed by atoms with Gasteiger partial charge >= 0.3 is 0 Å². The Morgan fingerprint density at radius 2 is 2.00 bits per heavy atom. The molecule has 0 bridgehead atoms. The zero-order chi connectivity index (χ0) is 20.5. The molecular weight excluding hydrogens is 386 g/mol. The van der Waals surface area contributed by atoms with Crippen LogP contribution in [0.15, 0.2) is 47.6 Å². The minimum Gasteiger partial charge on any atom is -0.493 e. The van der Waals surface area contributed by atoms with Crippen LogP contribution in [0.1, 0.15) is 23.1 Å². The molecule has 7 nitrogen and oxygen atoms in total. The van der Waals surface area contributed by atoms with E-state index in [9.17, 15) is 0 Å². The number of methoxy groups -OCH3 is 1. The lowest BCUT2D eigenvalue weighted by atomic mass is 10.1. The van der Waals surface area contributed by atoms with Crippen LogP contribution in [-0.4, -0.2) is 39.6 Å². The number of hydrogen-bond acceptors (Lipinski definition) is 7. The van der Waals surface area contributed by atoms with Gasteiger partial charge in [0.15, 0.2) is 11.5 Å². The van der Waals surface area contributed by atoms with Crippen molar-refractivity contribution in [2.24, 2.45) is 7.05 Å². The average molecular weight is 414 g/mol. The van der Waals surface area contributed by atoms with Crippen LogP contribution >= 0.6 is 11.8 Å². The molecule has 0 aliphatic carbocycles. The minimum atomic E-state index is 0.522. The largest absolute Gasteiger partial charge is 0.493 e. The van der Waals surface area contributed by atoms with Gasteiger partial charge in [-0.15, -0.1) is 5.10 Å². The summed E-state index contributed by atoms with van der Waals surface area (Å²) in [6.45, 7) is 4.31. The molecular formula is C21H27N5O2S. The fourth-order valence-corrected chi connectivity index (χ4v) is 3.63. The highest BCUT2D eigenvalue weighted by atomic mass is 32.2. The minimum absolute atomic E-state index is 0.522. The summed E-state index contributed by atoms with van der Waals surface area (Å²) in [5, 5.41) is 15.7. The molecule has 0 spiro atoms. The topological polar surface area (TPSA) is 74.1 Å². The first-order valence-corrected chi connectivity index (χ1v) is 10.6. The molecule has 3 rings (SSSR count). The van der Waals surface area contributed by atoms with E-state index < -0.39 is 0 Å². The van der Waals surface area contributed by atoms with Crippen molar-refractivity contribution in [1.29, 1.82) is 0 Å². The maximum atomic E-state index is 5.96. The first kappa shape index (κ1) is 21.1. The second kappa shape index (κ2) is 10.8. The predicted molar refractivity (Wildman–Crippen MR) is 114 cm³/mol. The summed E-state index contributed by atoms with van der Waals surface area (Å²) in [5.41, 5.74) is 3.54. The number of benzene rings is 2. The van der Waals surface area contributed by atoms with Crippen LogP contribution in [0, 0.1) is 6.92 Å². The van der Waals surface area contributed by atoms with Gasteiger partial charge in [-0.25, -0.2) is 4.68 Å². The standard InChI is InChI=1S/C21H27N5O2S/c1-16-6-4-7-18(12-16)15-28-19-9-8-17(13-20(19)27-3)14-22-10-5-11-29-21-23-24-25-26(21)2/h4,6-9,12-13,22H,5,10-11,14-15H2,1-3H3. The van der Waals surface area contributed by atoms with Crippen molar-refractivity contribution in [2.45, 2.75) is 31.7 Å². The molecule has 1 heterocycles. The van der Waals surface area contributed by atoms with Gasteiger partial charge in [-0.05, 0) is 53.6 Å². The molecule has 0 saturated heterocycles. The number of nitrogens with one attached hydrogen (secondary N) is 1. The van der Waals surface area contributed by atoms with Crippen molar-refractivity contribution in [3.8, 4) is 11.5 Å². The van der Waals surface area contributed by atoms with E-state index in [4.69, 9.17) is 9.47 Å². The Morgan fingerprint density at radius 1 is 1.10 bits per heavy atom. The number of rotatable bonds is 11. The van der Waals surface area contributed by atoms with Crippen molar-refractivity contribution in [1.82, 2.24) is 25.5 Å². The smallest absolute Gasteiger partial charge is 0.209 e. The fraction of sp³-hybridized carbons (Fsp3) is 0.381. The second-order valence-corrected chi connectivity index (χ2v) is 7.79. The van der Waals surface area contributed by atoms with Gasteiger partial charge < -0.3 is 14.8 Å². The van der Waals surface area contributed by atoms with E-state index in [2.05, 4.69) is 52.0 Å². The summed E-state index contributed by atoms with van der Waals surface area (Å²) in [6.07, 6.45) is 1.03. The molecule has 0 fully saturated rings. The number of aromatic nitrogens is 4. The lowest BCUT2D eigenvalue weighted by molar-refractivity contribution is 0.284. The summed E-state index contributed by atoms with van der Waals surface area (Å²) >= 11 is 1.66. The number of aryl methyl sites for hydroxylation is 2. The molecule has 0 atom stereocenters. The Hall–Kier alpha value is -2.58. The van der Waals surface area contributed by atoms with E-state index in [1.54, 1.807) is 23.6 Å². The molecule has 1 aromatic heterocycles. The van der Waals surface area contributed by atoms with Crippen LogP contribution in [0.3, 0.4) is 0 Å². The van der Waals surface area contributed by atoms with Crippen molar-refractivity contribution in [3.63, 3.8) is 0 Å². The van der Waals surface area contributed by atoms with E-state index >= 15 is 0 Å². The van der Waals surface area contributed by atoms with Gasteiger partial charge in [0, 0.05) is 19.3 Å². The SMILES string of the molecule is COc1cc(CNCCCSc2nnnn2C)ccc1OCc1cccc(C)c1. The van der Waals surface area contributed by atoms with Gasteiger partial charge in [0.25, 0.3) is 0 Å². The highest BCUT2D eigenvalue weighted by Gasteiger charge is 2.07. The molecule has 8 heteroatoms. The summed E-state index contributed by atoms with van der Waals surface area (Å²) in [6, 6.07) is 14.4. The number of ether oxygens (including phenoxy) is 2. The monoisotopic (exact) mass is 413 g/mol. The number of hydrogen-bond donors (Lipinski definition) is 1. The van der Waals surface area contributed by atoms with Gasteiger partial charge in [-0.1, -0.05) is 47.7 Å². The Labute approximate surface area is 175 Å². The molecule has 3 aromatic rings. The van der Waals surface area contributed by atoms with Gasteiger partial charge in [-0.2, -0.15) is 0 Å². The third-order valence-electron chi connectivity index (χ3n) is 4.34. The van der Waals surface area contributed by atoms with Crippen molar-refractivity contribution >= 4 is 11.8 Å². The molecule has 0 radical (unpaired) electrons. The van der Waals surface area contributed by atoms with Crippen LogP contribution in [0.2, 0.25) is 0 Å². The highest BCUT2D eigenvalue weighted by Crippen LogP contribution is 2.29. The third-order valence-corrected chi connectivity index (χ3v) is 5.44. The Morgan fingerprint density at radius 3 is 2.76 bits per heavy atom. The van der Waals surface area contributed by atoms with E-state index in [0.29, 0.717) is 6.61 Å². The van der Waals surface area contributed by atoms with E-state index in [1.165, 1.54) is 5.56 Å². The maximum Gasteiger partial charge on any atom is 0.209 e. The molecule has 0 aliphatic heterocycles. The maximum absolute atomic E-state index is 5.96. The Bertz CT molecular complexity index is 916. The number of tetrazole rings is 1. The third kappa shape index (κ3) is 6.47. The van der Waals surface area contributed by atoms with Crippen LogP contribution in [-0.2, 0) is 20.2 Å². The zero-order valence-electron chi connectivity index (χ0n) is 17.1. The Kier molecular flexibility index (Phi) is 7.89. The first-order valence-electron chi connectivity index (χ1n) is 9.57. The molecule has 0 aliphatic rings. The zero-order valence-corrected chi connectivity index (χ0v) is 17.9. The van der Waals surface area contributed by atoms with Crippen molar-refractivity contribution in [3.05, 3.63) is 59.2 Å². The molecule has 1 N–H and O–H groups in total. The lowest BCUT2D eigenvalue weighted by Gasteiger charge is -2.13. The van der Waals surface area contributed by atoms with Gasteiger partial charge in [0.2, 0.25) is 5.16 Å². The lowest BCUT2D eigenvalue weighted by Crippen LogP contribution is -2.15. The molecule has 0 unspecified atom stereocenters. The van der Waals surface area contributed by atoms with Gasteiger partial charge in [0.1, 0.15) is 6.61 Å². The first-order chi connectivity index (χ1) is 14.2. The van der Waals surface area contributed by atoms with E-state index in [0.717, 1.165) is 53.0 Å². The summed E-state index contributed by atoms with van der Waals surface area (Å²) in [4.78, 5) is 0. The molecule has 154 valence electrons. The molecule has 29 heavy (non-hydrogen) atoms. The summed E-state index contributed by atoms with van der Waals surface area (Å²) in [5.74, 6) is 2.48. The van der Waals surface area contributed by atoms with Gasteiger partial charge in [0.05, 0.1) is 7.11 Å².